The van der Waals surface area contributed by atoms with Crippen LogP contribution < -0.4 is 0 Å². The molecule has 1 atom stereocenters. The summed E-state index contributed by atoms with van der Waals surface area (Å²) < 4.78 is 4.50. The summed E-state index contributed by atoms with van der Waals surface area (Å²) in [6.45, 7) is 0. The summed E-state index contributed by atoms with van der Waals surface area (Å²) in [6, 6.07) is 1.31. The van der Waals surface area contributed by atoms with Crippen molar-refractivity contribution in [1.29, 1.82) is 0 Å². The summed E-state index contributed by atoms with van der Waals surface area (Å²) in [5.74, 6) is -0.645. The van der Waals surface area contributed by atoms with Crippen LogP contribution in [0.5, 0.6) is 0 Å². The molecule has 1 N–H and O–H groups in total. The Bertz CT molecular complexity index is 394. The van der Waals surface area contributed by atoms with Gasteiger partial charge >= 0.3 is 5.97 Å². The molecule has 0 fully saturated rings. The maximum absolute atomic E-state index is 11.1. The van der Waals surface area contributed by atoms with E-state index in [1.807, 2.05) is 0 Å². The number of cyclic esters (lactones) is 1. The molecule has 0 spiro atoms. The molecule has 0 aliphatic carbocycles. The average molecular weight is 220 g/mol. The minimum atomic E-state index is -1.33. The molecular weight excluding hydrogens is 217 g/mol. The van der Waals surface area contributed by atoms with Gasteiger partial charge in [0, 0.05) is 0 Å². The van der Waals surface area contributed by atoms with Crippen LogP contribution in [0, 0.1) is 0 Å². The number of hydrogen-bond acceptors (Lipinski definition) is 4. The number of esters is 1. The fourth-order valence-corrected chi connectivity index (χ4v) is 1.64. The second-order valence-corrected chi connectivity index (χ2v) is 3.20. The molecule has 1 aromatic heterocycles. The largest absolute Gasteiger partial charge is 0.428 e. The predicted octanol–water partition coefficient (Wildman–Crippen LogP) is 1.55. The van der Waals surface area contributed by atoms with Gasteiger partial charge in [-0.1, -0.05) is 23.2 Å². The zero-order chi connectivity index (χ0) is 9.59. The van der Waals surface area contributed by atoms with Crippen LogP contribution in [0.15, 0.2) is 6.07 Å². The average Bonchev–Trinajstić information content (AvgIpc) is 2.27. The molecule has 1 aromatic rings. The Morgan fingerprint density at radius 1 is 1.54 bits per heavy atom. The van der Waals surface area contributed by atoms with Gasteiger partial charge in [0.2, 0.25) is 6.29 Å². The van der Waals surface area contributed by atoms with Crippen LogP contribution >= 0.6 is 23.2 Å². The zero-order valence-corrected chi connectivity index (χ0v) is 7.63. The number of fused-ring (bicyclic) bond motifs is 1. The van der Waals surface area contributed by atoms with E-state index in [2.05, 4.69) is 9.72 Å². The summed E-state index contributed by atoms with van der Waals surface area (Å²) in [5.41, 5.74) is 0.341. The van der Waals surface area contributed by atoms with Crippen molar-refractivity contribution >= 4 is 29.2 Å². The smallest absolute Gasteiger partial charge is 0.341 e. The highest BCUT2D eigenvalue weighted by atomic mass is 35.5. The first kappa shape index (κ1) is 8.74. The quantitative estimate of drug-likeness (QED) is 0.532. The molecule has 2 rings (SSSR count). The minimum absolute atomic E-state index is 0.0131. The van der Waals surface area contributed by atoms with Crippen molar-refractivity contribution in [2.75, 3.05) is 0 Å². The van der Waals surface area contributed by atoms with Crippen molar-refractivity contribution in [2.24, 2.45) is 0 Å². The Kier molecular flexibility index (Phi) is 1.91. The van der Waals surface area contributed by atoms with Crippen molar-refractivity contribution in [3.63, 3.8) is 0 Å². The van der Waals surface area contributed by atoms with Gasteiger partial charge in [0.15, 0.2) is 0 Å². The van der Waals surface area contributed by atoms with E-state index in [0.29, 0.717) is 0 Å². The van der Waals surface area contributed by atoms with E-state index in [4.69, 9.17) is 23.2 Å². The number of aromatic nitrogens is 1. The van der Waals surface area contributed by atoms with E-state index in [0.717, 1.165) is 0 Å². The molecule has 0 aromatic carbocycles. The summed E-state index contributed by atoms with van der Waals surface area (Å²) >= 11 is 11.2. The maximum Gasteiger partial charge on any atom is 0.341 e. The topological polar surface area (TPSA) is 59.4 Å². The third-order valence-corrected chi connectivity index (χ3v) is 2.15. The Labute approximate surface area is 83.1 Å². The van der Waals surface area contributed by atoms with Crippen LogP contribution in [0.3, 0.4) is 0 Å². The van der Waals surface area contributed by atoms with Gasteiger partial charge in [-0.2, -0.15) is 0 Å². The Morgan fingerprint density at radius 3 is 2.92 bits per heavy atom. The van der Waals surface area contributed by atoms with E-state index in [9.17, 15) is 9.90 Å². The van der Waals surface area contributed by atoms with Crippen LogP contribution in [0.2, 0.25) is 10.3 Å². The first-order valence-electron chi connectivity index (χ1n) is 3.34. The number of rotatable bonds is 0. The summed E-state index contributed by atoms with van der Waals surface area (Å²) in [4.78, 5) is 14.7. The van der Waals surface area contributed by atoms with Crippen molar-refractivity contribution in [3.05, 3.63) is 27.5 Å². The van der Waals surface area contributed by atoms with Crippen LogP contribution in [0.25, 0.3) is 0 Å². The molecule has 1 aliphatic heterocycles. The van der Waals surface area contributed by atoms with Crippen molar-refractivity contribution in [1.82, 2.24) is 4.98 Å². The van der Waals surface area contributed by atoms with Gasteiger partial charge in [0.1, 0.15) is 10.3 Å². The number of halogens is 2. The lowest BCUT2D eigenvalue weighted by Crippen LogP contribution is -1.96. The van der Waals surface area contributed by atoms with Gasteiger partial charge in [-0.3, -0.25) is 0 Å². The number of hydrogen-bond donors (Lipinski definition) is 1. The molecule has 0 saturated carbocycles. The number of carbonyl (C=O) groups excluding carboxylic acids is 1. The Hall–Kier alpha value is -0.840. The fraction of sp³-hybridized carbons (Fsp3) is 0.143. The van der Waals surface area contributed by atoms with Gasteiger partial charge in [-0.15, -0.1) is 0 Å². The van der Waals surface area contributed by atoms with E-state index in [1.54, 1.807) is 0 Å². The van der Waals surface area contributed by atoms with E-state index in [1.165, 1.54) is 6.07 Å². The molecule has 2 heterocycles. The van der Waals surface area contributed by atoms with Crippen LogP contribution in [-0.4, -0.2) is 16.1 Å². The first-order valence-corrected chi connectivity index (χ1v) is 4.10. The monoisotopic (exact) mass is 219 g/mol. The molecule has 0 bridgehead atoms. The SMILES string of the molecule is O=C1OC(O)c2c1cc(Cl)nc2Cl. The van der Waals surface area contributed by atoms with Gasteiger partial charge in [0.25, 0.3) is 0 Å². The lowest BCUT2D eigenvalue weighted by molar-refractivity contribution is -0.0548. The first-order chi connectivity index (χ1) is 6.09. The molecule has 13 heavy (non-hydrogen) atoms. The number of carbonyl (C=O) groups is 1. The van der Waals surface area contributed by atoms with E-state index in [-0.39, 0.29) is 21.4 Å². The van der Waals surface area contributed by atoms with Crippen molar-refractivity contribution in [3.8, 4) is 0 Å². The lowest BCUT2D eigenvalue weighted by Gasteiger charge is -2.02. The molecule has 6 heteroatoms. The molecule has 1 aliphatic rings. The third-order valence-electron chi connectivity index (χ3n) is 1.67. The number of pyridine rings is 1. The molecule has 4 nitrogen and oxygen atoms in total. The van der Waals surface area contributed by atoms with Crippen molar-refractivity contribution < 1.29 is 14.6 Å². The second kappa shape index (κ2) is 2.83. The van der Waals surface area contributed by atoms with Gasteiger partial charge in [-0.25, -0.2) is 9.78 Å². The maximum atomic E-state index is 11.1. The minimum Gasteiger partial charge on any atom is -0.428 e. The number of ether oxygens (including phenoxy) is 1. The Balaban J connectivity index is 2.69. The number of nitrogens with zero attached hydrogens (tertiary/aromatic N) is 1. The highest BCUT2D eigenvalue weighted by Gasteiger charge is 2.33. The molecule has 1 unspecified atom stereocenters. The predicted molar refractivity (Wildman–Crippen MR) is 44.6 cm³/mol. The van der Waals surface area contributed by atoms with Gasteiger partial charge in [-0.05, 0) is 6.07 Å². The zero-order valence-electron chi connectivity index (χ0n) is 6.12. The molecule has 0 radical (unpaired) electrons. The molecule has 68 valence electrons. The molecular formula is C7H3Cl2NO3. The van der Waals surface area contributed by atoms with Gasteiger partial charge < -0.3 is 9.84 Å². The standard InChI is InChI=1S/C7H3Cl2NO3/c8-3-1-2-4(5(9)10-3)7(12)13-6(2)11/h1,7,12H. The van der Waals surface area contributed by atoms with E-state index >= 15 is 0 Å². The second-order valence-electron chi connectivity index (χ2n) is 2.45. The number of aliphatic hydroxyl groups is 1. The van der Waals surface area contributed by atoms with Crippen molar-refractivity contribution in [2.45, 2.75) is 6.29 Å². The van der Waals surface area contributed by atoms with Crippen LogP contribution in [-0.2, 0) is 4.74 Å². The fourth-order valence-electron chi connectivity index (χ4n) is 1.12. The van der Waals surface area contributed by atoms with Gasteiger partial charge in [0.05, 0.1) is 11.1 Å². The summed E-state index contributed by atoms with van der Waals surface area (Å²) in [5, 5.41) is 9.29. The Morgan fingerprint density at radius 2 is 2.23 bits per heavy atom. The normalized spacial score (nSPS) is 19.9. The number of aliphatic hydroxyl groups excluding tert-OH is 1. The van der Waals surface area contributed by atoms with Crippen LogP contribution in [0.4, 0.5) is 0 Å². The molecule has 0 amide bonds. The highest BCUT2D eigenvalue weighted by Crippen LogP contribution is 2.34. The molecule has 0 saturated heterocycles. The highest BCUT2D eigenvalue weighted by molar-refractivity contribution is 6.33. The summed E-state index contributed by atoms with van der Waals surface area (Å²) in [6.07, 6.45) is -1.33. The van der Waals surface area contributed by atoms with E-state index < -0.39 is 12.3 Å². The van der Waals surface area contributed by atoms with Crippen LogP contribution in [0.1, 0.15) is 22.2 Å². The lowest BCUT2D eigenvalue weighted by atomic mass is 10.2. The summed E-state index contributed by atoms with van der Waals surface area (Å²) in [7, 11) is 0. The third kappa shape index (κ3) is 1.27.